The van der Waals surface area contributed by atoms with E-state index in [0.717, 1.165) is 38.4 Å². The molecule has 5 heteroatoms. The highest BCUT2D eigenvalue weighted by Crippen LogP contribution is 2.30. The highest BCUT2D eigenvalue weighted by Gasteiger charge is 2.20. The molecule has 0 spiro atoms. The van der Waals surface area contributed by atoms with Gasteiger partial charge < -0.3 is 9.80 Å². The number of fused-ring (bicyclic) bond motifs is 1. The third-order valence-corrected chi connectivity index (χ3v) is 4.14. The molecular weight excluding hydrogens is 272 g/mol. The van der Waals surface area contributed by atoms with Crippen LogP contribution in [-0.4, -0.2) is 42.6 Å². The molecule has 112 valence electrons. The predicted molar refractivity (Wildman–Crippen MR) is 80.7 cm³/mol. The average Bonchev–Trinajstić information content (AvgIpc) is 2.51. The van der Waals surface area contributed by atoms with E-state index in [0.29, 0.717) is 11.1 Å². The maximum Gasteiger partial charge on any atom is 0.185 e. The van der Waals surface area contributed by atoms with Crippen molar-refractivity contribution in [3.05, 3.63) is 35.5 Å². The fraction of sp³-hybridized carbons (Fsp3) is 0.438. The van der Waals surface area contributed by atoms with Gasteiger partial charge in [0, 0.05) is 42.9 Å². The fourth-order valence-electron chi connectivity index (χ4n) is 2.91. The quantitative estimate of drug-likeness (QED) is 0.848. The van der Waals surface area contributed by atoms with Crippen LogP contribution in [0.3, 0.4) is 0 Å². The molecule has 1 aliphatic rings. The Labute approximate surface area is 123 Å². The van der Waals surface area contributed by atoms with Crippen LogP contribution in [0, 0.1) is 18.6 Å². The van der Waals surface area contributed by atoms with E-state index in [1.165, 1.54) is 6.07 Å². The van der Waals surface area contributed by atoms with Gasteiger partial charge in [0.25, 0.3) is 0 Å². The van der Waals surface area contributed by atoms with Crippen molar-refractivity contribution < 1.29 is 8.78 Å². The van der Waals surface area contributed by atoms with Gasteiger partial charge in [0.05, 0.1) is 0 Å². The minimum Gasteiger partial charge on any atom is -0.368 e. The fourth-order valence-corrected chi connectivity index (χ4v) is 2.91. The molecule has 1 fully saturated rings. The molecule has 0 unspecified atom stereocenters. The van der Waals surface area contributed by atoms with Crippen molar-refractivity contribution >= 4 is 16.6 Å². The smallest absolute Gasteiger partial charge is 0.185 e. The number of aromatic nitrogens is 1. The average molecular weight is 291 g/mol. The molecule has 0 bridgehead atoms. The number of nitrogens with zero attached hydrogens (tertiary/aromatic N) is 3. The summed E-state index contributed by atoms with van der Waals surface area (Å²) < 4.78 is 27.4. The Balaban J connectivity index is 2.04. The summed E-state index contributed by atoms with van der Waals surface area (Å²) in [6.07, 6.45) is 0. The molecule has 0 aliphatic carbocycles. The van der Waals surface area contributed by atoms with Crippen molar-refractivity contribution in [3.63, 3.8) is 0 Å². The van der Waals surface area contributed by atoms with Crippen LogP contribution in [0.5, 0.6) is 0 Å². The van der Waals surface area contributed by atoms with Gasteiger partial charge >= 0.3 is 0 Å². The van der Waals surface area contributed by atoms with Crippen molar-refractivity contribution in [1.29, 1.82) is 0 Å². The Morgan fingerprint density at radius 3 is 2.52 bits per heavy atom. The van der Waals surface area contributed by atoms with Crippen LogP contribution in [0.15, 0.2) is 18.2 Å². The second-order valence-electron chi connectivity index (χ2n) is 5.46. The first-order chi connectivity index (χ1) is 10.1. The summed E-state index contributed by atoms with van der Waals surface area (Å²) in [7, 11) is 0. The Morgan fingerprint density at radius 2 is 1.86 bits per heavy atom. The monoisotopic (exact) mass is 291 g/mol. The van der Waals surface area contributed by atoms with Crippen LogP contribution in [-0.2, 0) is 0 Å². The van der Waals surface area contributed by atoms with Crippen molar-refractivity contribution in [2.24, 2.45) is 0 Å². The maximum atomic E-state index is 14.0. The van der Waals surface area contributed by atoms with Gasteiger partial charge in [0.15, 0.2) is 11.6 Å². The number of anilines is 1. The molecule has 0 atom stereocenters. The topological polar surface area (TPSA) is 19.4 Å². The lowest BCUT2D eigenvalue weighted by molar-refractivity contribution is 0.271. The van der Waals surface area contributed by atoms with Gasteiger partial charge in [0.2, 0.25) is 0 Å². The largest absolute Gasteiger partial charge is 0.368 e. The molecule has 2 heterocycles. The van der Waals surface area contributed by atoms with Crippen LogP contribution in [0.1, 0.15) is 12.6 Å². The van der Waals surface area contributed by atoms with Gasteiger partial charge in [-0.1, -0.05) is 6.92 Å². The van der Waals surface area contributed by atoms with Crippen molar-refractivity contribution in [1.82, 2.24) is 9.88 Å². The number of rotatable bonds is 2. The number of halogens is 2. The summed E-state index contributed by atoms with van der Waals surface area (Å²) in [6, 6.07) is 4.77. The normalized spacial score (nSPS) is 16.7. The SMILES string of the molecule is CCN1CCN(c2cc(C)nc3c(F)c(F)ccc23)CC1. The van der Waals surface area contributed by atoms with Gasteiger partial charge in [-0.05, 0) is 31.7 Å². The molecule has 21 heavy (non-hydrogen) atoms. The van der Waals surface area contributed by atoms with Gasteiger partial charge in [0.1, 0.15) is 5.52 Å². The third-order valence-electron chi connectivity index (χ3n) is 4.14. The molecule has 2 aromatic rings. The molecular formula is C16H19F2N3. The number of hydrogen-bond acceptors (Lipinski definition) is 3. The molecule has 0 radical (unpaired) electrons. The minimum absolute atomic E-state index is 0.128. The first-order valence-electron chi connectivity index (χ1n) is 7.33. The van der Waals surface area contributed by atoms with Crippen LogP contribution in [0.4, 0.5) is 14.5 Å². The minimum atomic E-state index is -0.857. The van der Waals surface area contributed by atoms with Crippen LogP contribution in [0.2, 0.25) is 0 Å². The number of likely N-dealkylation sites (N-methyl/N-ethyl adjacent to an activating group) is 1. The molecule has 3 rings (SSSR count). The van der Waals surface area contributed by atoms with Gasteiger partial charge in [-0.2, -0.15) is 0 Å². The van der Waals surface area contributed by atoms with E-state index >= 15 is 0 Å². The van der Waals surface area contributed by atoms with Crippen LogP contribution in [0.25, 0.3) is 10.9 Å². The van der Waals surface area contributed by atoms with Gasteiger partial charge in [-0.15, -0.1) is 0 Å². The summed E-state index contributed by atoms with van der Waals surface area (Å²) in [5, 5.41) is 0.685. The molecule has 0 saturated carbocycles. The van der Waals surface area contributed by atoms with Gasteiger partial charge in [-0.3, -0.25) is 0 Å². The molecule has 1 aliphatic heterocycles. The lowest BCUT2D eigenvalue weighted by Crippen LogP contribution is -2.46. The number of benzene rings is 1. The van der Waals surface area contributed by atoms with Crippen LogP contribution < -0.4 is 4.90 Å². The van der Waals surface area contributed by atoms with Crippen molar-refractivity contribution in [2.45, 2.75) is 13.8 Å². The lowest BCUT2D eigenvalue weighted by Gasteiger charge is -2.36. The zero-order valence-electron chi connectivity index (χ0n) is 12.4. The Morgan fingerprint density at radius 1 is 1.14 bits per heavy atom. The summed E-state index contributed by atoms with van der Waals surface area (Å²) in [5.74, 6) is -1.70. The van der Waals surface area contributed by atoms with E-state index in [9.17, 15) is 8.78 Å². The lowest BCUT2D eigenvalue weighted by atomic mass is 10.1. The van der Waals surface area contributed by atoms with Crippen molar-refractivity contribution in [2.75, 3.05) is 37.6 Å². The van der Waals surface area contributed by atoms with E-state index in [2.05, 4.69) is 21.7 Å². The highest BCUT2D eigenvalue weighted by molar-refractivity contribution is 5.92. The zero-order chi connectivity index (χ0) is 15.0. The Bertz CT molecular complexity index is 664. The summed E-state index contributed by atoms with van der Waals surface area (Å²) in [5.41, 5.74) is 1.79. The molecule has 0 N–H and O–H groups in total. The van der Waals surface area contributed by atoms with E-state index in [4.69, 9.17) is 0 Å². The number of piperazine rings is 1. The standard InChI is InChI=1S/C16H19F2N3/c1-3-20-6-8-21(9-7-20)14-10-11(2)19-16-12(14)4-5-13(17)15(16)18/h4-5,10H,3,6-9H2,1-2H3. The summed E-state index contributed by atoms with van der Waals surface area (Å²) >= 11 is 0. The zero-order valence-corrected chi connectivity index (χ0v) is 12.4. The number of aryl methyl sites for hydroxylation is 1. The second-order valence-corrected chi connectivity index (χ2v) is 5.46. The second kappa shape index (κ2) is 5.56. The number of hydrogen-bond donors (Lipinski definition) is 0. The van der Waals surface area contributed by atoms with Gasteiger partial charge in [-0.25, -0.2) is 13.8 Å². The van der Waals surface area contributed by atoms with E-state index < -0.39 is 11.6 Å². The first-order valence-corrected chi connectivity index (χ1v) is 7.33. The molecule has 3 nitrogen and oxygen atoms in total. The molecule has 0 amide bonds. The summed E-state index contributed by atoms with van der Waals surface area (Å²) in [4.78, 5) is 8.79. The third kappa shape index (κ3) is 2.58. The predicted octanol–water partition coefficient (Wildman–Crippen LogP) is 2.96. The van der Waals surface area contributed by atoms with E-state index in [-0.39, 0.29) is 5.52 Å². The van der Waals surface area contributed by atoms with Crippen molar-refractivity contribution in [3.8, 4) is 0 Å². The Kier molecular flexibility index (Phi) is 3.76. The maximum absolute atomic E-state index is 14.0. The summed E-state index contributed by atoms with van der Waals surface area (Å²) in [6.45, 7) is 8.78. The Hall–Kier alpha value is -1.75. The molecule has 1 aromatic heterocycles. The number of pyridine rings is 1. The highest BCUT2D eigenvalue weighted by atomic mass is 19.2. The first kappa shape index (κ1) is 14.2. The van der Waals surface area contributed by atoms with E-state index in [1.807, 2.05) is 13.0 Å². The van der Waals surface area contributed by atoms with Crippen LogP contribution >= 0.6 is 0 Å². The van der Waals surface area contributed by atoms with E-state index in [1.54, 1.807) is 6.07 Å². The molecule has 1 saturated heterocycles. The molecule has 1 aromatic carbocycles.